The van der Waals surface area contributed by atoms with Gasteiger partial charge in [0.2, 0.25) is 0 Å². The highest BCUT2D eigenvalue weighted by atomic mass is 79.9. The summed E-state index contributed by atoms with van der Waals surface area (Å²) in [6.45, 7) is 0.964. The van der Waals surface area contributed by atoms with Crippen LogP contribution in [0.2, 0.25) is 0 Å². The van der Waals surface area contributed by atoms with Gasteiger partial charge in [-0.2, -0.15) is 13.2 Å². The average molecular weight is 311 g/mol. The smallest absolute Gasteiger partial charge is 0.392 e. The molecule has 6 heteroatoms. The highest BCUT2D eigenvalue weighted by Crippen LogP contribution is 2.31. The molecule has 1 N–H and O–H groups in total. The first-order valence-electron chi connectivity index (χ1n) is 4.76. The zero-order valence-electron chi connectivity index (χ0n) is 8.88. The molecule has 0 aliphatic rings. The lowest BCUT2D eigenvalue weighted by molar-refractivity contribution is -0.137. The van der Waals surface area contributed by atoms with Crippen molar-refractivity contribution in [1.82, 2.24) is 0 Å². The molecule has 1 rings (SSSR count). The van der Waals surface area contributed by atoms with Crippen molar-refractivity contribution in [3.05, 3.63) is 34.9 Å². The van der Waals surface area contributed by atoms with E-state index >= 15 is 0 Å². The molecule has 94 valence electrons. The van der Waals surface area contributed by atoms with E-state index < -0.39 is 23.2 Å². The minimum absolute atomic E-state index is 0.0175. The zero-order chi connectivity index (χ0) is 13.2. The molecule has 0 bridgehead atoms. The molecular formula is C11H10BrF3O2. The van der Waals surface area contributed by atoms with Crippen LogP contribution in [-0.4, -0.2) is 15.7 Å². The van der Waals surface area contributed by atoms with Gasteiger partial charge in [0.25, 0.3) is 0 Å². The maximum atomic E-state index is 12.4. The predicted molar refractivity (Wildman–Crippen MR) is 60.1 cm³/mol. The van der Waals surface area contributed by atoms with Crippen LogP contribution in [0.5, 0.6) is 0 Å². The highest BCUT2D eigenvalue weighted by Gasteiger charge is 2.31. The summed E-state index contributed by atoms with van der Waals surface area (Å²) >= 11 is 3.04. The Kier molecular flexibility index (Phi) is 4.32. The van der Waals surface area contributed by atoms with Crippen molar-refractivity contribution in [3.63, 3.8) is 0 Å². The third-order valence-electron chi connectivity index (χ3n) is 2.23. The van der Waals surface area contributed by atoms with Gasteiger partial charge >= 0.3 is 6.18 Å². The van der Waals surface area contributed by atoms with Crippen LogP contribution in [0.25, 0.3) is 0 Å². The Morgan fingerprint density at radius 2 is 2.06 bits per heavy atom. The van der Waals surface area contributed by atoms with E-state index in [9.17, 15) is 18.0 Å². The number of carbonyl (C=O) groups excluding carboxylic acids is 1. The Balaban J connectivity index is 3.24. The second-order valence-electron chi connectivity index (χ2n) is 3.51. The number of Topliss-reactive ketones (excluding diaryl/α,β-unsaturated/α-hetero) is 1. The molecular weight excluding hydrogens is 301 g/mol. The number of hydrogen-bond acceptors (Lipinski definition) is 2. The molecule has 0 aliphatic heterocycles. The largest absolute Gasteiger partial charge is 0.416 e. The second kappa shape index (κ2) is 5.18. The number of rotatable bonds is 3. The lowest BCUT2D eigenvalue weighted by atomic mass is 9.99. The second-order valence-corrected chi connectivity index (χ2v) is 4.88. The molecule has 1 atom stereocenters. The summed E-state index contributed by atoms with van der Waals surface area (Å²) in [5.74, 6) is -0.359. The van der Waals surface area contributed by atoms with E-state index in [-0.39, 0.29) is 16.9 Å². The lowest BCUT2D eigenvalue weighted by Gasteiger charge is -2.12. The Hall–Kier alpha value is -0.880. The van der Waals surface area contributed by atoms with Gasteiger partial charge in [0.1, 0.15) is 0 Å². The van der Waals surface area contributed by atoms with Crippen LogP contribution in [0.3, 0.4) is 0 Å². The third-order valence-corrected chi connectivity index (χ3v) is 2.65. The van der Waals surface area contributed by atoms with Gasteiger partial charge in [0.05, 0.1) is 17.0 Å². The van der Waals surface area contributed by atoms with Crippen molar-refractivity contribution in [1.29, 1.82) is 0 Å². The molecule has 1 unspecified atom stereocenters. The number of hydrogen-bond donors (Lipinski definition) is 1. The van der Waals surface area contributed by atoms with Crippen molar-refractivity contribution in [2.45, 2.75) is 24.5 Å². The van der Waals surface area contributed by atoms with E-state index in [1.165, 1.54) is 0 Å². The van der Waals surface area contributed by atoms with E-state index in [2.05, 4.69) is 15.9 Å². The number of carbonyl (C=O) groups is 1. The molecule has 1 aromatic rings. The summed E-state index contributed by atoms with van der Waals surface area (Å²) in [6, 6.07) is 2.72. The Morgan fingerprint density at radius 3 is 2.47 bits per heavy atom. The summed E-state index contributed by atoms with van der Waals surface area (Å²) in [7, 11) is 0. The fraction of sp³-hybridized carbons (Fsp3) is 0.364. The van der Waals surface area contributed by atoms with Crippen molar-refractivity contribution in [2.75, 3.05) is 0 Å². The van der Waals surface area contributed by atoms with E-state index in [1.54, 1.807) is 6.92 Å². The summed E-state index contributed by atoms with van der Waals surface area (Å²) < 4.78 is 37.3. The van der Waals surface area contributed by atoms with Crippen LogP contribution >= 0.6 is 15.9 Å². The molecule has 2 nitrogen and oxygen atoms in total. The fourth-order valence-corrected chi connectivity index (χ4v) is 1.60. The molecule has 0 spiro atoms. The van der Waals surface area contributed by atoms with Gasteiger partial charge in [-0.05, 0) is 24.6 Å². The Bertz CT molecular complexity index is 427. The van der Waals surface area contributed by atoms with E-state index in [4.69, 9.17) is 5.11 Å². The molecule has 0 heterocycles. The van der Waals surface area contributed by atoms with E-state index in [0.717, 1.165) is 18.2 Å². The van der Waals surface area contributed by atoms with Gasteiger partial charge in [-0.25, -0.2) is 0 Å². The van der Waals surface area contributed by atoms with Crippen molar-refractivity contribution in [3.8, 4) is 0 Å². The van der Waals surface area contributed by atoms with E-state index in [0.29, 0.717) is 0 Å². The Labute approximate surface area is 105 Å². The number of aliphatic hydroxyl groups is 1. The first-order valence-corrected chi connectivity index (χ1v) is 5.68. The van der Waals surface area contributed by atoms with Crippen LogP contribution in [0.1, 0.15) is 28.4 Å². The third kappa shape index (κ3) is 3.29. The quantitative estimate of drug-likeness (QED) is 0.688. The number of halogens is 4. The van der Waals surface area contributed by atoms with Gasteiger partial charge in [0, 0.05) is 5.56 Å². The van der Waals surface area contributed by atoms with Gasteiger partial charge in [-0.3, -0.25) is 4.79 Å². The predicted octanol–water partition coefficient (Wildman–Crippen LogP) is 3.16. The Morgan fingerprint density at radius 1 is 1.47 bits per heavy atom. The fourth-order valence-electron chi connectivity index (χ4n) is 1.36. The van der Waals surface area contributed by atoms with Crippen LogP contribution < -0.4 is 0 Å². The van der Waals surface area contributed by atoms with Crippen molar-refractivity contribution < 1.29 is 23.1 Å². The molecule has 0 saturated carbocycles. The average Bonchev–Trinajstić information content (AvgIpc) is 2.25. The SMILES string of the molecule is CC(Br)C(=O)c1ccc(C(F)(F)F)cc1CO. The molecule has 0 saturated heterocycles. The molecule has 0 aromatic heterocycles. The summed E-state index contributed by atoms with van der Waals surface area (Å²) in [6.07, 6.45) is -4.48. The van der Waals surface area contributed by atoms with Gasteiger partial charge in [-0.1, -0.05) is 22.0 Å². The monoisotopic (exact) mass is 310 g/mol. The van der Waals surface area contributed by atoms with Gasteiger partial charge in [0.15, 0.2) is 5.78 Å². The lowest BCUT2D eigenvalue weighted by Crippen LogP contribution is -2.14. The van der Waals surface area contributed by atoms with Crippen LogP contribution in [-0.2, 0) is 12.8 Å². The van der Waals surface area contributed by atoms with Crippen LogP contribution in [0.15, 0.2) is 18.2 Å². The highest BCUT2D eigenvalue weighted by molar-refractivity contribution is 9.10. The molecule has 0 aliphatic carbocycles. The summed E-state index contributed by atoms with van der Waals surface area (Å²) in [4.78, 5) is 11.1. The van der Waals surface area contributed by atoms with Gasteiger partial charge < -0.3 is 5.11 Å². The summed E-state index contributed by atoms with van der Waals surface area (Å²) in [5, 5.41) is 9.00. The standard InChI is InChI=1S/C11H10BrF3O2/c1-6(12)10(17)9-3-2-8(11(13,14)15)4-7(9)5-16/h2-4,6,16H,5H2,1H3. The molecule has 0 amide bonds. The van der Waals surface area contributed by atoms with Crippen molar-refractivity contribution in [2.24, 2.45) is 0 Å². The van der Waals surface area contributed by atoms with Crippen LogP contribution in [0, 0.1) is 0 Å². The van der Waals surface area contributed by atoms with Gasteiger partial charge in [-0.15, -0.1) is 0 Å². The molecule has 0 fully saturated rings. The first kappa shape index (κ1) is 14.2. The number of ketones is 1. The number of alkyl halides is 4. The maximum absolute atomic E-state index is 12.4. The minimum Gasteiger partial charge on any atom is -0.392 e. The normalized spacial score (nSPS) is 13.5. The number of benzene rings is 1. The minimum atomic E-state index is -4.48. The topological polar surface area (TPSA) is 37.3 Å². The summed E-state index contributed by atoms with van der Waals surface area (Å²) in [5.41, 5.74) is -0.790. The molecule has 17 heavy (non-hydrogen) atoms. The first-order chi connectivity index (χ1) is 7.77. The van der Waals surface area contributed by atoms with Crippen molar-refractivity contribution >= 4 is 21.7 Å². The van der Waals surface area contributed by atoms with E-state index in [1.807, 2.05) is 0 Å². The molecule has 0 radical (unpaired) electrons. The molecule has 1 aromatic carbocycles. The zero-order valence-corrected chi connectivity index (χ0v) is 10.5. The maximum Gasteiger partial charge on any atom is 0.416 e. The number of aliphatic hydroxyl groups excluding tert-OH is 1. The van der Waals surface area contributed by atoms with Crippen LogP contribution in [0.4, 0.5) is 13.2 Å².